The summed E-state index contributed by atoms with van der Waals surface area (Å²) in [5, 5.41) is 2.78. The van der Waals surface area contributed by atoms with Crippen LogP contribution in [0.5, 0.6) is 0 Å². The molecule has 0 bridgehead atoms. The molecular formula is C25H25F3N4O. The van der Waals surface area contributed by atoms with Gasteiger partial charge in [0.25, 0.3) is 5.91 Å². The molecule has 3 aromatic rings. The lowest BCUT2D eigenvalue weighted by Crippen LogP contribution is -2.31. The number of hydrogen-bond acceptors (Lipinski definition) is 4. The number of rotatable bonds is 4. The van der Waals surface area contributed by atoms with Gasteiger partial charge in [-0.15, -0.1) is 0 Å². The smallest absolute Gasteiger partial charge is 0.274 e. The molecule has 3 atom stereocenters. The maximum atomic E-state index is 14.6. The molecule has 1 fully saturated rings. The molecule has 5 nitrogen and oxygen atoms in total. The van der Waals surface area contributed by atoms with E-state index in [2.05, 4.69) is 22.2 Å². The molecule has 172 valence electrons. The Bertz CT molecular complexity index is 1190. The second kappa shape index (κ2) is 9.31. The van der Waals surface area contributed by atoms with Crippen LogP contribution in [-0.2, 0) is 0 Å². The van der Waals surface area contributed by atoms with Crippen LogP contribution in [0.3, 0.4) is 0 Å². The van der Waals surface area contributed by atoms with Gasteiger partial charge in [0.05, 0.1) is 17.4 Å². The van der Waals surface area contributed by atoms with E-state index in [1.807, 2.05) is 6.07 Å². The molecular weight excluding hydrogens is 429 g/mol. The third kappa shape index (κ3) is 4.75. The van der Waals surface area contributed by atoms with Crippen molar-refractivity contribution in [3.8, 4) is 11.3 Å². The third-order valence-electron chi connectivity index (χ3n) is 6.12. The van der Waals surface area contributed by atoms with E-state index in [-0.39, 0.29) is 23.2 Å². The van der Waals surface area contributed by atoms with Crippen LogP contribution in [0, 0.1) is 30.3 Å². The number of benzene rings is 1. The van der Waals surface area contributed by atoms with Crippen LogP contribution < -0.4 is 11.1 Å². The Morgan fingerprint density at radius 2 is 1.82 bits per heavy atom. The Balaban J connectivity index is 1.65. The quantitative estimate of drug-likeness (QED) is 0.557. The van der Waals surface area contributed by atoms with Crippen LogP contribution in [-0.4, -0.2) is 21.9 Å². The number of nitrogens with two attached hydrogens (primary N) is 1. The molecule has 1 aliphatic carbocycles. The molecule has 4 rings (SSSR count). The number of carbonyl (C=O) groups excluding carboxylic acids is 1. The van der Waals surface area contributed by atoms with E-state index in [4.69, 9.17) is 5.73 Å². The summed E-state index contributed by atoms with van der Waals surface area (Å²) in [6, 6.07) is 6.38. The first-order chi connectivity index (χ1) is 15.7. The summed E-state index contributed by atoms with van der Waals surface area (Å²) in [5.74, 6) is -2.82. The molecule has 1 amide bonds. The number of anilines is 1. The number of carbonyl (C=O) groups is 1. The topological polar surface area (TPSA) is 80.9 Å². The van der Waals surface area contributed by atoms with Gasteiger partial charge in [-0.05, 0) is 73.4 Å². The van der Waals surface area contributed by atoms with Gasteiger partial charge < -0.3 is 11.1 Å². The zero-order chi connectivity index (χ0) is 23.7. The first-order valence-electron chi connectivity index (χ1n) is 10.9. The second-order valence-electron chi connectivity index (χ2n) is 8.77. The SMILES string of the molecule is Cc1ccc(F)c(-c2nc(C(=O)Nc3cnccc3[C@@H]3C[C@H](C)C[C@@H](N)C3)ccc2F)c1F. The predicted molar refractivity (Wildman–Crippen MR) is 120 cm³/mol. The van der Waals surface area contributed by atoms with Crippen molar-refractivity contribution in [2.24, 2.45) is 11.7 Å². The summed E-state index contributed by atoms with van der Waals surface area (Å²) in [6.45, 7) is 3.59. The van der Waals surface area contributed by atoms with Crippen LogP contribution in [0.15, 0.2) is 42.7 Å². The second-order valence-corrected chi connectivity index (χ2v) is 8.77. The van der Waals surface area contributed by atoms with Crippen LogP contribution in [0.2, 0.25) is 0 Å². The van der Waals surface area contributed by atoms with Crippen LogP contribution in [0.25, 0.3) is 11.3 Å². The van der Waals surface area contributed by atoms with Gasteiger partial charge in [0.2, 0.25) is 0 Å². The fourth-order valence-electron chi connectivity index (χ4n) is 4.58. The van der Waals surface area contributed by atoms with E-state index in [0.717, 1.165) is 37.0 Å². The Labute approximate surface area is 190 Å². The summed E-state index contributed by atoms with van der Waals surface area (Å²) >= 11 is 0. The minimum atomic E-state index is -0.959. The predicted octanol–water partition coefficient (Wildman–Crippen LogP) is 5.35. The van der Waals surface area contributed by atoms with Gasteiger partial charge in [0.15, 0.2) is 0 Å². The first kappa shape index (κ1) is 22.9. The summed E-state index contributed by atoms with van der Waals surface area (Å²) < 4.78 is 43.4. The monoisotopic (exact) mass is 454 g/mol. The van der Waals surface area contributed by atoms with Crippen LogP contribution in [0.1, 0.15) is 53.7 Å². The Morgan fingerprint density at radius 1 is 1.06 bits per heavy atom. The van der Waals surface area contributed by atoms with Crippen molar-refractivity contribution in [2.45, 2.75) is 45.1 Å². The number of aromatic nitrogens is 2. The average molecular weight is 454 g/mol. The van der Waals surface area contributed by atoms with E-state index >= 15 is 0 Å². The molecule has 8 heteroatoms. The minimum absolute atomic E-state index is 0.0795. The molecule has 2 aromatic heterocycles. The molecule has 0 aliphatic heterocycles. The van der Waals surface area contributed by atoms with E-state index in [9.17, 15) is 18.0 Å². The molecule has 33 heavy (non-hydrogen) atoms. The minimum Gasteiger partial charge on any atom is -0.328 e. The number of nitrogens with one attached hydrogen (secondary N) is 1. The fraction of sp³-hybridized carbons (Fsp3) is 0.320. The summed E-state index contributed by atoms with van der Waals surface area (Å²) in [4.78, 5) is 21.0. The van der Waals surface area contributed by atoms with E-state index < -0.39 is 34.6 Å². The van der Waals surface area contributed by atoms with Gasteiger partial charge in [0.1, 0.15) is 28.8 Å². The molecule has 3 N–H and O–H groups in total. The Hall–Kier alpha value is -3.26. The number of nitrogens with zero attached hydrogens (tertiary/aromatic N) is 2. The average Bonchev–Trinajstić information content (AvgIpc) is 2.77. The molecule has 1 saturated carbocycles. The standard InChI is InChI=1S/C25H25F3N4O/c1-13-9-15(11-16(29)10-13)17-7-8-30-12-21(17)32-25(33)20-6-5-19(27)24(31-20)22-18(26)4-3-14(2)23(22)28/h3-8,12-13,15-16H,9-11,29H2,1-2H3,(H,32,33)/t13-,15+,16+/m0/s1. The van der Waals surface area contributed by atoms with Gasteiger partial charge in [-0.1, -0.05) is 13.0 Å². The van der Waals surface area contributed by atoms with Gasteiger partial charge in [-0.25, -0.2) is 18.2 Å². The molecule has 2 heterocycles. The van der Waals surface area contributed by atoms with Crippen molar-refractivity contribution in [1.29, 1.82) is 0 Å². The van der Waals surface area contributed by atoms with E-state index in [0.29, 0.717) is 11.6 Å². The summed E-state index contributed by atoms with van der Waals surface area (Å²) in [7, 11) is 0. The molecule has 0 saturated heterocycles. The molecule has 0 unspecified atom stereocenters. The number of aryl methyl sites for hydroxylation is 1. The van der Waals surface area contributed by atoms with Crippen molar-refractivity contribution >= 4 is 11.6 Å². The highest BCUT2D eigenvalue weighted by Gasteiger charge is 2.28. The van der Waals surface area contributed by atoms with Crippen LogP contribution >= 0.6 is 0 Å². The molecule has 0 radical (unpaired) electrons. The lowest BCUT2D eigenvalue weighted by atomic mass is 9.76. The zero-order valence-corrected chi connectivity index (χ0v) is 18.4. The Morgan fingerprint density at radius 3 is 2.58 bits per heavy atom. The lowest BCUT2D eigenvalue weighted by molar-refractivity contribution is 0.102. The van der Waals surface area contributed by atoms with E-state index in [1.165, 1.54) is 19.1 Å². The zero-order valence-electron chi connectivity index (χ0n) is 18.4. The van der Waals surface area contributed by atoms with Crippen molar-refractivity contribution in [3.63, 3.8) is 0 Å². The largest absolute Gasteiger partial charge is 0.328 e. The summed E-state index contributed by atoms with van der Waals surface area (Å²) in [5.41, 5.74) is 6.44. The molecule has 1 aromatic carbocycles. The number of halogens is 3. The number of amides is 1. The summed E-state index contributed by atoms with van der Waals surface area (Å²) in [6.07, 6.45) is 5.89. The lowest BCUT2D eigenvalue weighted by Gasteiger charge is -2.32. The molecule has 1 aliphatic rings. The molecule has 0 spiro atoms. The number of pyridine rings is 2. The van der Waals surface area contributed by atoms with Crippen molar-refractivity contribution < 1.29 is 18.0 Å². The van der Waals surface area contributed by atoms with Crippen LogP contribution in [0.4, 0.5) is 18.9 Å². The fourth-order valence-corrected chi connectivity index (χ4v) is 4.58. The van der Waals surface area contributed by atoms with Gasteiger partial charge in [-0.3, -0.25) is 9.78 Å². The maximum absolute atomic E-state index is 14.6. The van der Waals surface area contributed by atoms with Gasteiger partial charge in [0, 0.05) is 12.2 Å². The van der Waals surface area contributed by atoms with Gasteiger partial charge >= 0.3 is 0 Å². The van der Waals surface area contributed by atoms with Crippen molar-refractivity contribution in [3.05, 3.63) is 77.0 Å². The van der Waals surface area contributed by atoms with Gasteiger partial charge in [-0.2, -0.15) is 0 Å². The highest BCUT2D eigenvalue weighted by molar-refractivity contribution is 6.03. The van der Waals surface area contributed by atoms with Crippen molar-refractivity contribution in [1.82, 2.24) is 9.97 Å². The third-order valence-corrected chi connectivity index (χ3v) is 6.12. The van der Waals surface area contributed by atoms with E-state index in [1.54, 1.807) is 12.4 Å². The first-order valence-corrected chi connectivity index (χ1v) is 10.9. The maximum Gasteiger partial charge on any atom is 0.274 e. The number of hydrogen-bond donors (Lipinski definition) is 2. The Kier molecular flexibility index (Phi) is 6.47. The normalized spacial score (nSPS) is 20.5. The van der Waals surface area contributed by atoms with Crippen molar-refractivity contribution in [2.75, 3.05) is 5.32 Å². The highest BCUT2D eigenvalue weighted by atomic mass is 19.1. The highest BCUT2D eigenvalue weighted by Crippen LogP contribution is 2.38.